The van der Waals surface area contributed by atoms with Crippen molar-refractivity contribution in [1.82, 2.24) is 14.8 Å². The fourth-order valence-electron chi connectivity index (χ4n) is 3.84. The van der Waals surface area contributed by atoms with E-state index in [4.69, 9.17) is 9.47 Å². The lowest BCUT2D eigenvalue weighted by Gasteiger charge is -2.33. The van der Waals surface area contributed by atoms with Gasteiger partial charge >= 0.3 is 5.97 Å². The Morgan fingerprint density at radius 1 is 1.23 bits per heavy atom. The fourth-order valence-corrected chi connectivity index (χ4v) is 3.84. The van der Waals surface area contributed by atoms with E-state index in [1.54, 1.807) is 19.9 Å². The predicted molar refractivity (Wildman–Crippen MR) is 115 cm³/mol. The third-order valence-corrected chi connectivity index (χ3v) is 5.34. The molecule has 1 saturated heterocycles. The first kappa shape index (κ1) is 24.1. The van der Waals surface area contributed by atoms with Crippen molar-refractivity contribution in [3.05, 3.63) is 28.6 Å². The summed E-state index contributed by atoms with van der Waals surface area (Å²) in [5.74, 6) is -0.716. The Morgan fingerprint density at radius 2 is 1.90 bits per heavy atom. The lowest BCUT2D eigenvalue weighted by molar-refractivity contribution is -0.117. The molecule has 0 bridgehead atoms. The largest absolute Gasteiger partial charge is 0.462 e. The molecular weight excluding hydrogens is 386 g/mol. The Hall–Kier alpha value is -2.16. The molecule has 0 unspecified atom stereocenters. The third-order valence-electron chi connectivity index (χ3n) is 5.34. The van der Waals surface area contributed by atoms with Gasteiger partial charge in [-0.15, -0.1) is 0 Å². The molecule has 1 aliphatic heterocycles. The monoisotopic (exact) mass is 421 g/mol. The summed E-state index contributed by atoms with van der Waals surface area (Å²) in [6.45, 7) is 13.7. The molecule has 0 aliphatic carbocycles. The molecule has 2 N–H and O–H groups in total. The molecule has 0 spiro atoms. The zero-order valence-electron chi connectivity index (χ0n) is 18.8. The first-order valence-electron chi connectivity index (χ1n) is 10.5. The minimum atomic E-state index is -1.05. The smallest absolute Gasteiger partial charge is 0.340 e. The Kier molecular flexibility index (Phi) is 8.64. The van der Waals surface area contributed by atoms with E-state index in [1.165, 1.54) is 6.08 Å². The molecule has 0 aromatic carbocycles. The number of ether oxygens (including phenoxy) is 2. The summed E-state index contributed by atoms with van der Waals surface area (Å²) >= 11 is 0. The van der Waals surface area contributed by atoms with Gasteiger partial charge in [0, 0.05) is 55.8 Å². The first-order valence-corrected chi connectivity index (χ1v) is 10.5. The molecule has 1 amide bonds. The van der Waals surface area contributed by atoms with Crippen LogP contribution in [0.25, 0.3) is 6.08 Å². The highest BCUT2D eigenvalue weighted by Crippen LogP contribution is 2.25. The SMILES string of the molecule is CCOC(=O)c1c(/C=C/C(=O)NC[C@](C)(O)CN2CCOCC2)c(C)n(CC)c1C. The van der Waals surface area contributed by atoms with E-state index in [9.17, 15) is 14.7 Å². The van der Waals surface area contributed by atoms with Crippen LogP contribution in [0.4, 0.5) is 0 Å². The Balaban J connectivity index is 2.05. The molecule has 8 heteroatoms. The maximum atomic E-state index is 12.4. The number of aromatic nitrogens is 1. The van der Waals surface area contributed by atoms with Crippen molar-refractivity contribution < 1.29 is 24.2 Å². The van der Waals surface area contributed by atoms with Gasteiger partial charge < -0.3 is 24.5 Å². The summed E-state index contributed by atoms with van der Waals surface area (Å²) in [5, 5.41) is 13.4. The van der Waals surface area contributed by atoms with E-state index in [0.717, 1.165) is 24.5 Å². The zero-order chi connectivity index (χ0) is 22.3. The molecule has 1 aromatic heterocycles. The topological polar surface area (TPSA) is 93.0 Å². The predicted octanol–water partition coefficient (Wildman–Crippen LogP) is 1.51. The van der Waals surface area contributed by atoms with Crippen molar-refractivity contribution in [1.29, 1.82) is 0 Å². The number of amides is 1. The molecule has 1 aliphatic rings. The van der Waals surface area contributed by atoms with Gasteiger partial charge in [0.15, 0.2) is 0 Å². The number of rotatable bonds is 9. The number of morpholine rings is 1. The van der Waals surface area contributed by atoms with E-state index in [0.29, 0.717) is 37.4 Å². The molecule has 1 atom stereocenters. The number of carbonyl (C=O) groups excluding carboxylic acids is 2. The van der Waals surface area contributed by atoms with Crippen LogP contribution in [-0.2, 0) is 20.8 Å². The zero-order valence-corrected chi connectivity index (χ0v) is 18.8. The summed E-state index contributed by atoms with van der Waals surface area (Å²) in [5.41, 5.74) is 1.85. The second kappa shape index (κ2) is 10.7. The van der Waals surface area contributed by atoms with Gasteiger partial charge in [0.1, 0.15) is 0 Å². The second-order valence-electron chi connectivity index (χ2n) is 7.86. The first-order chi connectivity index (χ1) is 14.2. The Labute approximate surface area is 178 Å². The van der Waals surface area contributed by atoms with Gasteiger partial charge in [-0.2, -0.15) is 0 Å². The molecule has 168 valence electrons. The van der Waals surface area contributed by atoms with E-state index >= 15 is 0 Å². The minimum absolute atomic E-state index is 0.131. The normalized spacial score (nSPS) is 17.1. The third kappa shape index (κ3) is 6.17. The number of aliphatic hydroxyl groups is 1. The van der Waals surface area contributed by atoms with Gasteiger partial charge in [-0.1, -0.05) is 0 Å². The van der Waals surface area contributed by atoms with Crippen LogP contribution >= 0.6 is 0 Å². The van der Waals surface area contributed by atoms with Gasteiger partial charge in [-0.05, 0) is 40.7 Å². The van der Waals surface area contributed by atoms with Crippen LogP contribution < -0.4 is 5.32 Å². The Bertz CT molecular complexity index is 776. The van der Waals surface area contributed by atoms with Crippen LogP contribution in [0.3, 0.4) is 0 Å². The lowest BCUT2D eigenvalue weighted by atomic mass is 10.1. The highest BCUT2D eigenvalue weighted by molar-refractivity contribution is 5.98. The highest BCUT2D eigenvalue weighted by Gasteiger charge is 2.26. The second-order valence-corrected chi connectivity index (χ2v) is 7.86. The minimum Gasteiger partial charge on any atom is -0.462 e. The van der Waals surface area contributed by atoms with Gasteiger partial charge in [-0.3, -0.25) is 9.69 Å². The van der Waals surface area contributed by atoms with Crippen molar-refractivity contribution in [3.8, 4) is 0 Å². The number of esters is 1. The van der Waals surface area contributed by atoms with Crippen molar-refractivity contribution in [3.63, 3.8) is 0 Å². The average Bonchev–Trinajstić information content (AvgIpc) is 2.94. The van der Waals surface area contributed by atoms with Crippen LogP contribution in [0.1, 0.15) is 48.1 Å². The molecule has 1 fully saturated rings. The van der Waals surface area contributed by atoms with Crippen molar-refractivity contribution in [2.45, 2.75) is 46.8 Å². The van der Waals surface area contributed by atoms with Crippen molar-refractivity contribution >= 4 is 18.0 Å². The summed E-state index contributed by atoms with van der Waals surface area (Å²) in [6, 6.07) is 0. The van der Waals surface area contributed by atoms with Gasteiger partial charge in [-0.25, -0.2) is 4.79 Å². The van der Waals surface area contributed by atoms with Crippen LogP contribution in [0.2, 0.25) is 0 Å². The fraction of sp³-hybridized carbons (Fsp3) is 0.636. The van der Waals surface area contributed by atoms with Crippen LogP contribution in [0.15, 0.2) is 6.08 Å². The molecule has 1 aromatic rings. The van der Waals surface area contributed by atoms with Crippen molar-refractivity contribution in [2.24, 2.45) is 0 Å². The average molecular weight is 422 g/mol. The molecule has 0 radical (unpaired) electrons. The number of hydrogen-bond donors (Lipinski definition) is 2. The number of β-amino-alcohol motifs (C(OH)–C–C–N with tert-alkyl or cyclic N) is 1. The molecule has 30 heavy (non-hydrogen) atoms. The summed E-state index contributed by atoms with van der Waals surface area (Å²) in [6.07, 6.45) is 3.04. The van der Waals surface area contributed by atoms with E-state index in [2.05, 4.69) is 10.2 Å². The van der Waals surface area contributed by atoms with E-state index in [1.807, 2.05) is 25.3 Å². The summed E-state index contributed by atoms with van der Waals surface area (Å²) in [4.78, 5) is 26.9. The van der Waals surface area contributed by atoms with Crippen molar-refractivity contribution in [2.75, 3.05) is 46.0 Å². The lowest BCUT2D eigenvalue weighted by Crippen LogP contribution is -2.51. The maximum Gasteiger partial charge on any atom is 0.340 e. The number of hydrogen-bond acceptors (Lipinski definition) is 6. The number of nitrogens with zero attached hydrogens (tertiary/aromatic N) is 2. The number of carbonyl (C=O) groups is 2. The Morgan fingerprint density at radius 3 is 2.50 bits per heavy atom. The van der Waals surface area contributed by atoms with Crippen LogP contribution in [0, 0.1) is 13.8 Å². The van der Waals surface area contributed by atoms with E-state index in [-0.39, 0.29) is 25.0 Å². The molecule has 0 saturated carbocycles. The summed E-state index contributed by atoms with van der Waals surface area (Å²) in [7, 11) is 0. The van der Waals surface area contributed by atoms with Crippen LogP contribution in [-0.4, -0.2) is 78.1 Å². The quantitative estimate of drug-likeness (QED) is 0.464. The van der Waals surface area contributed by atoms with Gasteiger partial charge in [0.2, 0.25) is 5.91 Å². The molecule has 8 nitrogen and oxygen atoms in total. The standard InChI is InChI=1S/C22H35N3O5/c1-6-25-16(3)18(20(17(25)4)21(27)30-7-2)8-9-19(26)23-14-22(5,28)15-24-10-12-29-13-11-24/h8-9,28H,6-7,10-15H2,1-5H3,(H,23,26)/b9-8+/t22-/m0/s1. The van der Waals surface area contributed by atoms with Gasteiger partial charge in [0.05, 0.1) is 31.0 Å². The van der Waals surface area contributed by atoms with E-state index < -0.39 is 5.60 Å². The van der Waals surface area contributed by atoms with Gasteiger partial charge in [0.25, 0.3) is 0 Å². The number of nitrogens with one attached hydrogen (secondary N) is 1. The molecule has 2 rings (SSSR count). The molecule has 2 heterocycles. The maximum absolute atomic E-state index is 12.4. The summed E-state index contributed by atoms with van der Waals surface area (Å²) < 4.78 is 12.5. The molecular formula is C22H35N3O5. The highest BCUT2D eigenvalue weighted by atomic mass is 16.5. The van der Waals surface area contributed by atoms with Crippen LogP contribution in [0.5, 0.6) is 0 Å².